The number of nitrogens with one attached hydrogen (secondary N) is 1. The number of carbonyl (C=O) groups excluding carboxylic acids is 1. The van der Waals surface area contributed by atoms with Gasteiger partial charge in [0.2, 0.25) is 0 Å². The minimum Gasteiger partial charge on any atom is -0.487 e. The molecular formula is C22H16I2N2O4. The third kappa shape index (κ3) is 6.02. The van der Waals surface area contributed by atoms with Crippen LogP contribution in [-0.4, -0.2) is 23.2 Å². The average Bonchev–Trinajstić information content (AvgIpc) is 2.74. The molecule has 0 aliphatic carbocycles. The monoisotopic (exact) mass is 626 g/mol. The molecule has 30 heavy (non-hydrogen) atoms. The number of carbonyl (C=O) groups is 2. The van der Waals surface area contributed by atoms with E-state index in [9.17, 15) is 9.59 Å². The highest BCUT2D eigenvalue weighted by atomic mass is 127. The van der Waals surface area contributed by atoms with Crippen LogP contribution in [0.3, 0.4) is 0 Å². The molecule has 0 saturated heterocycles. The van der Waals surface area contributed by atoms with E-state index in [0.717, 1.165) is 24.0 Å². The molecular weight excluding hydrogens is 610 g/mol. The lowest BCUT2D eigenvalue weighted by Crippen LogP contribution is -2.17. The third-order valence-electron chi connectivity index (χ3n) is 4.02. The number of nitrogens with zero attached hydrogens (tertiary/aromatic N) is 1. The molecule has 0 aliphatic rings. The molecule has 6 nitrogen and oxygen atoms in total. The molecule has 8 heteroatoms. The summed E-state index contributed by atoms with van der Waals surface area (Å²) in [5.74, 6) is -0.488. The number of halogens is 2. The van der Waals surface area contributed by atoms with Gasteiger partial charge in [0, 0.05) is 5.56 Å². The predicted octanol–water partition coefficient (Wildman–Crippen LogP) is 4.94. The zero-order chi connectivity index (χ0) is 21.5. The van der Waals surface area contributed by atoms with Crippen LogP contribution in [0.2, 0.25) is 0 Å². The minimum absolute atomic E-state index is 0.242. The SMILES string of the molecule is O=C(O)c1ccc(COc2c(I)cc(/C=N\NC(=O)c3ccccc3)cc2I)cc1. The summed E-state index contributed by atoms with van der Waals surface area (Å²) in [6, 6.07) is 19.3. The van der Waals surface area contributed by atoms with Crippen LogP contribution in [0.1, 0.15) is 31.8 Å². The van der Waals surface area contributed by atoms with Crippen LogP contribution in [0, 0.1) is 7.14 Å². The van der Waals surface area contributed by atoms with Crippen molar-refractivity contribution in [3.63, 3.8) is 0 Å². The number of rotatable bonds is 7. The molecule has 0 heterocycles. The molecule has 0 aromatic heterocycles. The van der Waals surface area contributed by atoms with E-state index in [1.54, 1.807) is 54.7 Å². The van der Waals surface area contributed by atoms with Crippen LogP contribution < -0.4 is 10.2 Å². The van der Waals surface area contributed by atoms with Gasteiger partial charge in [-0.25, -0.2) is 10.2 Å². The second-order valence-electron chi connectivity index (χ2n) is 6.17. The Morgan fingerprint density at radius 1 is 0.967 bits per heavy atom. The molecule has 0 bridgehead atoms. The zero-order valence-electron chi connectivity index (χ0n) is 15.5. The lowest BCUT2D eigenvalue weighted by atomic mass is 10.1. The van der Waals surface area contributed by atoms with Gasteiger partial charge in [0.25, 0.3) is 5.91 Å². The molecule has 0 atom stereocenters. The van der Waals surface area contributed by atoms with Crippen molar-refractivity contribution in [3.05, 3.63) is 96.1 Å². The maximum atomic E-state index is 12.0. The van der Waals surface area contributed by atoms with Gasteiger partial charge < -0.3 is 9.84 Å². The van der Waals surface area contributed by atoms with Crippen molar-refractivity contribution >= 4 is 63.3 Å². The van der Waals surface area contributed by atoms with Gasteiger partial charge in [0.05, 0.1) is 18.9 Å². The Hall–Kier alpha value is -2.47. The number of carboxylic acids is 1. The molecule has 0 unspecified atom stereocenters. The molecule has 152 valence electrons. The van der Waals surface area contributed by atoms with Gasteiger partial charge in [-0.2, -0.15) is 5.10 Å². The number of hydrazone groups is 1. The first-order valence-corrected chi connectivity index (χ1v) is 10.9. The molecule has 3 aromatic rings. The van der Waals surface area contributed by atoms with Gasteiger partial charge in [-0.3, -0.25) is 4.79 Å². The van der Waals surface area contributed by atoms with Crippen molar-refractivity contribution in [2.75, 3.05) is 0 Å². The second-order valence-corrected chi connectivity index (χ2v) is 8.49. The fraction of sp³-hybridized carbons (Fsp3) is 0.0455. The van der Waals surface area contributed by atoms with E-state index in [-0.39, 0.29) is 11.5 Å². The number of amides is 1. The molecule has 0 fully saturated rings. The topological polar surface area (TPSA) is 88.0 Å². The smallest absolute Gasteiger partial charge is 0.335 e. The first-order valence-electron chi connectivity index (χ1n) is 8.76. The molecule has 2 N–H and O–H groups in total. The van der Waals surface area contributed by atoms with E-state index in [1.165, 1.54) is 0 Å². The Labute approximate surface area is 200 Å². The summed E-state index contributed by atoms with van der Waals surface area (Å²) in [5, 5.41) is 13.0. The third-order valence-corrected chi connectivity index (χ3v) is 5.62. The van der Waals surface area contributed by atoms with E-state index >= 15 is 0 Å². The van der Waals surface area contributed by atoms with Gasteiger partial charge in [-0.1, -0.05) is 30.3 Å². The molecule has 3 aromatic carbocycles. The highest BCUT2D eigenvalue weighted by Gasteiger charge is 2.10. The van der Waals surface area contributed by atoms with Crippen LogP contribution in [0.25, 0.3) is 0 Å². The lowest BCUT2D eigenvalue weighted by molar-refractivity contribution is 0.0696. The minimum atomic E-state index is -0.955. The normalized spacial score (nSPS) is 10.7. The zero-order valence-corrected chi connectivity index (χ0v) is 19.8. The first-order chi connectivity index (χ1) is 14.4. The van der Waals surface area contributed by atoms with E-state index in [1.807, 2.05) is 18.2 Å². The van der Waals surface area contributed by atoms with E-state index in [0.29, 0.717) is 12.2 Å². The Bertz CT molecular complexity index is 1060. The van der Waals surface area contributed by atoms with Gasteiger partial charge in [-0.15, -0.1) is 0 Å². The van der Waals surface area contributed by atoms with Crippen molar-refractivity contribution in [1.29, 1.82) is 0 Å². The van der Waals surface area contributed by atoms with Gasteiger partial charge in [0.15, 0.2) is 0 Å². The van der Waals surface area contributed by atoms with Crippen LogP contribution >= 0.6 is 45.2 Å². The van der Waals surface area contributed by atoms with E-state index in [4.69, 9.17) is 9.84 Å². The largest absolute Gasteiger partial charge is 0.487 e. The summed E-state index contributed by atoms with van der Waals surface area (Å²) in [6.07, 6.45) is 1.58. The standard InChI is InChI=1S/C22H16I2N2O4/c23-18-10-15(12-25-26-21(27)16-4-2-1-3-5-16)11-19(24)20(18)30-13-14-6-8-17(9-7-14)22(28)29/h1-12H,13H2,(H,26,27)(H,28,29)/b25-12-. The average molecular weight is 626 g/mol. The number of ether oxygens (including phenoxy) is 1. The molecule has 3 rings (SSSR count). The molecule has 0 spiro atoms. The van der Waals surface area contributed by atoms with E-state index < -0.39 is 5.97 Å². The Morgan fingerprint density at radius 3 is 2.20 bits per heavy atom. The van der Waals surface area contributed by atoms with E-state index in [2.05, 4.69) is 55.7 Å². The Morgan fingerprint density at radius 2 is 1.60 bits per heavy atom. The molecule has 0 radical (unpaired) electrons. The molecule has 1 amide bonds. The van der Waals surface area contributed by atoms with Crippen LogP contribution in [-0.2, 0) is 6.61 Å². The van der Waals surface area contributed by atoms with Crippen molar-refractivity contribution < 1.29 is 19.4 Å². The number of hydrogen-bond acceptors (Lipinski definition) is 4. The summed E-state index contributed by atoms with van der Waals surface area (Å²) in [6.45, 7) is 0.326. The second kappa shape index (κ2) is 10.5. The first kappa shape index (κ1) is 22.2. The maximum Gasteiger partial charge on any atom is 0.335 e. The van der Waals surface area contributed by atoms with Gasteiger partial charge in [0.1, 0.15) is 12.4 Å². The summed E-state index contributed by atoms with van der Waals surface area (Å²) >= 11 is 4.37. The fourth-order valence-corrected chi connectivity index (χ4v) is 4.64. The van der Waals surface area contributed by atoms with Crippen molar-refractivity contribution in [2.45, 2.75) is 6.61 Å². The summed E-state index contributed by atoms with van der Waals surface area (Å²) in [4.78, 5) is 23.0. The Balaban J connectivity index is 1.63. The highest BCUT2D eigenvalue weighted by molar-refractivity contribution is 14.1. The number of aromatic carboxylic acids is 1. The van der Waals surface area contributed by atoms with Crippen molar-refractivity contribution in [1.82, 2.24) is 5.43 Å². The highest BCUT2D eigenvalue weighted by Crippen LogP contribution is 2.29. The Kier molecular flexibility index (Phi) is 7.80. The summed E-state index contributed by atoms with van der Waals surface area (Å²) in [7, 11) is 0. The van der Waals surface area contributed by atoms with Gasteiger partial charge in [-0.05, 0) is 92.7 Å². The van der Waals surface area contributed by atoms with Crippen LogP contribution in [0.5, 0.6) is 5.75 Å². The lowest BCUT2D eigenvalue weighted by Gasteiger charge is -2.11. The predicted molar refractivity (Wildman–Crippen MR) is 131 cm³/mol. The number of carboxylic acid groups (broad SMARTS) is 1. The van der Waals surface area contributed by atoms with Crippen molar-refractivity contribution in [3.8, 4) is 5.75 Å². The quantitative estimate of drug-likeness (QED) is 0.221. The number of benzene rings is 3. The van der Waals surface area contributed by atoms with Crippen LogP contribution in [0.4, 0.5) is 0 Å². The number of hydrogen-bond donors (Lipinski definition) is 2. The van der Waals surface area contributed by atoms with Crippen molar-refractivity contribution in [2.24, 2.45) is 5.10 Å². The molecule has 0 saturated carbocycles. The maximum absolute atomic E-state index is 12.0. The summed E-state index contributed by atoms with van der Waals surface area (Å²) in [5.41, 5.74) is 5.00. The summed E-state index contributed by atoms with van der Waals surface area (Å²) < 4.78 is 7.73. The molecule has 0 aliphatic heterocycles. The van der Waals surface area contributed by atoms with Crippen LogP contribution in [0.15, 0.2) is 71.8 Å². The van der Waals surface area contributed by atoms with Gasteiger partial charge >= 0.3 is 5.97 Å². The fourth-order valence-electron chi connectivity index (χ4n) is 2.51.